The molecule has 0 bridgehead atoms. The molecule has 2 aromatic carbocycles. The van der Waals surface area contributed by atoms with Gasteiger partial charge in [0.2, 0.25) is 0 Å². The van der Waals surface area contributed by atoms with Gasteiger partial charge in [-0.15, -0.1) is 0 Å². The summed E-state index contributed by atoms with van der Waals surface area (Å²) in [7, 11) is 0. The Morgan fingerprint density at radius 3 is 2.63 bits per heavy atom. The van der Waals surface area contributed by atoms with Crippen LogP contribution in [0, 0.1) is 0 Å². The zero-order valence-electron chi connectivity index (χ0n) is 11.2. The third-order valence-electron chi connectivity index (χ3n) is 3.98. The van der Waals surface area contributed by atoms with Crippen molar-refractivity contribution in [3.8, 4) is 5.75 Å². The van der Waals surface area contributed by atoms with Gasteiger partial charge in [-0.1, -0.05) is 36.4 Å². The van der Waals surface area contributed by atoms with E-state index in [1.54, 1.807) is 0 Å². The quantitative estimate of drug-likeness (QED) is 0.898. The second kappa shape index (κ2) is 5.19. The number of morpholine rings is 1. The molecule has 0 amide bonds. The fraction of sp³-hybridized carbons (Fsp3) is 0.375. The Hall–Kier alpha value is -1.58. The fourth-order valence-electron chi connectivity index (χ4n) is 2.77. The molecule has 100 valence electrons. The van der Waals surface area contributed by atoms with Crippen molar-refractivity contribution >= 4 is 10.8 Å². The van der Waals surface area contributed by atoms with Gasteiger partial charge in [0, 0.05) is 30.1 Å². The summed E-state index contributed by atoms with van der Waals surface area (Å²) in [5.41, 5.74) is 1.00. The van der Waals surface area contributed by atoms with E-state index in [4.69, 9.17) is 4.74 Å². The van der Waals surface area contributed by atoms with Crippen LogP contribution < -0.4 is 0 Å². The maximum absolute atomic E-state index is 10.5. The van der Waals surface area contributed by atoms with Crippen molar-refractivity contribution in [3.63, 3.8) is 0 Å². The molecule has 1 heterocycles. The average molecular weight is 257 g/mol. The number of ether oxygens (including phenoxy) is 1. The van der Waals surface area contributed by atoms with Gasteiger partial charge in [0.1, 0.15) is 5.75 Å². The van der Waals surface area contributed by atoms with Crippen LogP contribution in [-0.4, -0.2) is 36.3 Å². The van der Waals surface area contributed by atoms with Gasteiger partial charge in [-0.05, 0) is 12.3 Å². The zero-order chi connectivity index (χ0) is 13.2. The molecule has 0 radical (unpaired) electrons. The number of rotatable bonds is 2. The summed E-state index contributed by atoms with van der Waals surface area (Å²) in [5, 5.41) is 12.5. The van der Waals surface area contributed by atoms with Gasteiger partial charge in [0.15, 0.2) is 0 Å². The van der Waals surface area contributed by atoms with Crippen LogP contribution in [0.3, 0.4) is 0 Å². The number of nitrogens with zero attached hydrogens (tertiary/aromatic N) is 1. The predicted octanol–water partition coefficient (Wildman–Crippen LogP) is 2.94. The highest BCUT2D eigenvalue weighted by atomic mass is 16.5. The smallest absolute Gasteiger partial charge is 0.128 e. The summed E-state index contributed by atoms with van der Waals surface area (Å²) in [4.78, 5) is 2.35. The third kappa shape index (κ3) is 2.31. The first-order chi connectivity index (χ1) is 9.27. The number of phenolic OH excluding ortho intramolecular Hbond substituents is 1. The van der Waals surface area contributed by atoms with E-state index in [9.17, 15) is 5.11 Å². The minimum Gasteiger partial charge on any atom is -0.507 e. The topological polar surface area (TPSA) is 32.7 Å². The van der Waals surface area contributed by atoms with Crippen LogP contribution in [0.15, 0.2) is 36.4 Å². The van der Waals surface area contributed by atoms with E-state index in [0.29, 0.717) is 5.75 Å². The summed E-state index contributed by atoms with van der Waals surface area (Å²) in [5.74, 6) is 0.414. The molecule has 1 atom stereocenters. The van der Waals surface area contributed by atoms with E-state index >= 15 is 0 Å². The van der Waals surface area contributed by atoms with E-state index in [1.807, 2.05) is 30.3 Å². The Morgan fingerprint density at radius 2 is 1.84 bits per heavy atom. The van der Waals surface area contributed by atoms with Crippen molar-refractivity contribution in [2.45, 2.75) is 13.0 Å². The Kier molecular flexibility index (Phi) is 3.40. The lowest BCUT2D eigenvalue weighted by atomic mass is 10.00. The molecule has 1 unspecified atom stereocenters. The second-order valence-corrected chi connectivity index (χ2v) is 5.05. The molecule has 1 saturated heterocycles. The first-order valence-electron chi connectivity index (χ1n) is 6.80. The average Bonchev–Trinajstić information content (AvgIpc) is 2.48. The lowest BCUT2D eigenvalue weighted by Crippen LogP contribution is -2.38. The second-order valence-electron chi connectivity index (χ2n) is 5.05. The summed E-state index contributed by atoms with van der Waals surface area (Å²) in [6.07, 6.45) is 0. The van der Waals surface area contributed by atoms with Crippen LogP contribution in [0.5, 0.6) is 5.75 Å². The van der Waals surface area contributed by atoms with Gasteiger partial charge in [-0.3, -0.25) is 4.90 Å². The molecule has 0 aliphatic carbocycles. The predicted molar refractivity (Wildman–Crippen MR) is 76.4 cm³/mol. The highest BCUT2D eigenvalue weighted by molar-refractivity contribution is 5.89. The number of aromatic hydroxyl groups is 1. The van der Waals surface area contributed by atoms with Gasteiger partial charge < -0.3 is 9.84 Å². The molecule has 19 heavy (non-hydrogen) atoms. The largest absolute Gasteiger partial charge is 0.507 e. The number of benzene rings is 2. The molecule has 3 rings (SSSR count). The van der Waals surface area contributed by atoms with E-state index in [2.05, 4.69) is 17.9 Å². The third-order valence-corrected chi connectivity index (χ3v) is 3.98. The van der Waals surface area contributed by atoms with Crippen LogP contribution in [-0.2, 0) is 4.74 Å². The summed E-state index contributed by atoms with van der Waals surface area (Å²) < 4.78 is 5.38. The molecular weight excluding hydrogens is 238 g/mol. The minimum absolute atomic E-state index is 0.216. The molecule has 3 heteroatoms. The van der Waals surface area contributed by atoms with Crippen molar-refractivity contribution < 1.29 is 9.84 Å². The van der Waals surface area contributed by atoms with Crippen molar-refractivity contribution in [2.24, 2.45) is 0 Å². The van der Waals surface area contributed by atoms with E-state index in [0.717, 1.165) is 42.6 Å². The summed E-state index contributed by atoms with van der Waals surface area (Å²) in [6.45, 7) is 5.55. The number of hydrogen-bond acceptors (Lipinski definition) is 3. The molecule has 3 nitrogen and oxygen atoms in total. The summed E-state index contributed by atoms with van der Waals surface area (Å²) in [6, 6.07) is 12.3. The van der Waals surface area contributed by atoms with Gasteiger partial charge in [0.05, 0.1) is 13.2 Å². The van der Waals surface area contributed by atoms with Gasteiger partial charge in [-0.2, -0.15) is 0 Å². The lowest BCUT2D eigenvalue weighted by Gasteiger charge is -2.33. The van der Waals surface area contributed by atoms with Crippen molar-refractivity contribution in [3.05, 3.63) is 42.0 Å². The first-order valence-corrected chi connectivity index (χ1v) is 6.80. The highest BCUT2D eigenvalue weighted by Gasteiger charge is 2.21. The fourth-order valence-corrected chi connectivity index (χ4v) is 2.77. The maximum atomic E-state index is 10.5. The molecular formula is C16H19NO2. The Labute approximate surface area is 113 Å². The standard InChI is InChI=1S/C16H19NO2/c1-12(17-8-10-19-11-9-17)14-7-6-13-4-2-3-5-15(13)16(14)18/h2-7,12,18H,8-11H2,1H3. The van der Waals surface area contributed by atoms with Gasteiger partial charge in [-0.25, -0.2) is 0 Å². The van der Waals surface area contributed by atoms with Crippen molar-refractivity contribution in [1.29, 1.82) is 0 Å². The van der Waals surface area contributed by atoms with E-state index < -0.39 is 0 Å². The Balaban J connectivity index is 1.97. The summed E-state index contributed by atoms with van der Waals surface area (Å²) >= 11 is 0. The molecule has 0 saturated carbocycles. The number of hydrogen-bond donors (Lipinski definition) is 1. The van der Waals surface area contributed by atoms with E-state index in [1.165, 1.54) is 0 Å². The van der Waals surface area contributed by atoms with Crippen LogP contribution in [0.2, 0.25) is 0 Å². The van der Waals surface area contributed by atoms with Crippen LogP contribution in [0.25, 0.3) is 10.8 Å². The zero-order valence-corrected chi connectivity index (χ0v) is 11.2. The number of phenols is 1. The highest BCUT2D eigenvalue weighted by Crippen LogP contribution is 2.34. The Bertz CT molecular complexity index is 576. The molecule has 1 N–H and O–H groups in total. The van der Waals surface area contributed by atoms with Crippen molar-refractivity contribution in [1.82, 2.24) is 4.90 Å². The monoisotopic (exact) mass is 257 g/mol. The van der Waals surface area contributed by atoms with Crippen LogP contribution >= 0.6 is 0 Å². The van der Waals surface area contributed by atoms with Crippen LogP contribution in [0.1, 0.15) is 18.5 Å². The normalized spacial score (nSPS) is 18.6. The SMILES string of the molecule is CC(c1ccc2ccccc2c1O)N1CCOCC1. The maximum Gasteiger partial charge on any atom is 0.128 e. The number of fused-ring (bicyclic) bond motifs is 1. The lowest BCUT2D eigenvalue weighted by molar-refractivity contribution is 0.0195. The van der Waals surface area contributed by atoms with Crippen LogP contribution in [0.4, 0.5) is 0 Å². The van der Waals surface area contributed by atoms with Gasteiger partial charge in [0.25, 0.3) is 0 Å². The van der Waals surface area contributed by atoms with E-state index in [-0.39, 0.29) is 6.04 Å². The molecule has 1 aliphatic rings. The molecule has 1 aliphatic heterocycles. The van der Waals surface area contributed by atoms with Gasteiger partial charge >= 0.3 is 0 Å². The minimum atomic E-state index is 0.216. The molecule has 1 fully saturated rings. The molecule has 0 spiro atoms. The first kappa shape index (κ1) is 12.5. The Morgan fingerprint density at radius 1 is 1.11 bits per heavy atom. The molecule has 0 aromatic heterocycles. The molecule has 2 aromatic rings. The van der Waals surface area contributed by atoms with Crippen molar-refractivity contribution in [2.75, 3.05) is 26.3 Å².